The molecule has 1 rings (SSSR count). The van der Waals surface area contributed by atoms with Crippen LogP contribution in [0.5, 0.6) is 5.75 Å². The molecule has 94 valence electrons. The van der Waals surface area contributed by atoms with Crippen LogP contribution >= 0.6 is 0 Å². The van der Waals surface area contributed by atoms with E-state index in [1.54, 1.807) is 7.05 Å². The maximum Gasteiger partial charge on any atom is 0.412 e. The molecule has 0 aliphatic carbocycles. The molecule has 1 amide bonds. The molecule has 17 heavy (non-hydrogen) atoms. The molecule has 0 fully saturated rings. The van der Waals surface area contributed by atoms with Crippen LogP contribution in [0.4, 0.5) is 10.5 Å². The van der Waals surface area contributed by atoms with Gasteiger partial charge in [-0.3, -0.25) is 4.48 Å². The number of hydrogen-bond donors (Lipinski definition) is 1. The van der Waals surface area contributed by atoms with Crippen LogP contribution in [-0.2, 0) is 0 Å². The van der Waals surface area contributed by atoms with E-state index in [0.29, 0.717) is 5.75 Å². The fourth-order valence-corrected chi connectivity index (χ4v) is 1.63. The zero-order chi connectivity index (χ0) is 13.1. The average molecular weight is 237 g/mol. The van der Waals surface area contributed by atoms with Crippen LogP contribution in [0.3, 0.4) is 0 Å². The number of carbonyl (C=O) groups excluding carboxylic acids is 1. The van der Waals surface area contributed by atoms with Crippen molar-refractivity contribution in [3.05, 3.63) is 23.8 Å². The standard InChI is InChI=1S/C13H20N2O2/c1-6-15(4,5)12-9-11(8-7-10(12)2)17-13(16)14-3/h7-9H,6H2,1-5H3/p+1. The monoisotopic (exact) mass is 237 g/mol. The Balaban J connectivity index is 3.06. The van der Waals surface area contributed by atoms with E-state index < -0.39 is 6.09 Å². The summed E-state index contributed by atoms with van der Waals surface area (Å²) in [6.07, 6.45) is -0.443. The zero-order valence-corrected chi connectivity index (χ0v) is 11.2. The van der Waals surface area contributed by atoms with Crippen molar-refractivity contribution in [2.45, 2.75) is 13.8 Å². The number of hydrogen-bond acceptors (Lipinski definition) is 2. The normalized spacial score (nSPS) is 11.1. The largest absolute Gasteiger partial charge is 0.412 e. The van der Waals surface area contributed by atoms with Gasteiger partial charge in [0.05, 0.1) is 20.6 Å². The highest BCUT2D eigenvalue weighted by molar-refractivity contribution is 5.70. The summed E-state index contributed by atoms with van der Waals surface area (Å²) in [7, 11) is 5.81. The summed E-state index contributed by atoms with van der Waals surface area (Å²) >= 11 is 0. The molecule has 1 aromatic carbocycles. The first-order chi connectivity index (χ1) is 7.90. The maximum atomic E-state index is 11.2. The third kappa shape index (κ3) is 3.20. The average Bonchev–Trinajstić information content (AvgIpc) is 2.31. The van der Waals surface area contributed by atoms with Crippen molar-refractivity contribution >= 4 is 11.8 Å². The molecule has 0 saturated heterocycles. The fourth-order valence-electron chi connectivity index (χ4n) is 1.63. The van der Waals surface area contributed by atoms with Gasteiger partial charge in [0.25, 0.3) is 0 Å². The van der Waals surface area contributed by atoms with Gasteiger partial charge in [-0.25, -0.2) is 4.79 Å². The van der Waals surface area contributed by atoms with Gasteiger partial charge in [-0.1, -0.05) is 0 Å². The van der Waals surface area contributed by atoms with Gasteiger partial charge in [0.2, 0.25) is 0 Å². The van der Waals surface area contributed by atoms with Crippen molar-refractivity contribution in [2.24, 2.45) is 0 Å². The summed E-state index contributed by atoms with van der Waals surface area (Å²) in [6.45, 7) is 5.17. The van der Waals surface area contributed by atoms with Crippen molar-refractivity contribution < 1.29 is 9.53 Å². The van der Waals surface area contributed by atoms with E-state index in [9.17, 15) is 4.79 Å². The second-order valence-corrected chi connectivity index (χ2v) is 4.59. The summed E-state index contributed by atoms with van der Waals surface area (Å²) in [6, 6.07) is 5.71. The highest BCUT2D eigenvalue weighted by Crippen LogP contribution is 2.28. The van der Waals surface area contributed by atoms with Gasteiger partial charge in [0.15, 0.2) is 0 Å². The van der Waals surface area contributed by atoms with Crippen LogP contribution < -0.4 is 14.5 Å². The van der Waals surface area contributed by atoms with E-state index in [1.807, 2.05) is 18.2 Å². The minimum Gasteiger partial charge on any atom is -0.410 e. The molecule has 0 aliphatic rings. The number of quaternary nitrogens is 1. The van der Waals surface area contributed by atoms with Crippen molar-refractivity contribution in [1.29, 1.82) is 0 Å². The summed E-state index contributed by atoms with van der Waals surface area (Å²) in [4.78, 5) is 11.2. The summed E-state index contributed by atoms with van der Waals surface area (Å²) in [5.74, 6) is 0.574. The van der Waals surface area contributed by atoms with Gasteiger partial charge in [-0.15, -0.1) is 0 Å². The second kappa shape index (κ2) is 5.19. The molecular formula is C13H21N2O2+. The molecule has 4 nitrogen and oxygen atoms in total. The van der Waals surface area contributed by atoms with E-state index in [2.05, 4.69) is 33.3 Å². The summed E-state index contributed by atoms with van der Waals surface area (Å²) < 4.78 is 5.90. The molecular weight excluding hydrogens is 216 g/mol. The Labute approximate surface area is 103 Å². The molecule has 0 spiro atoms. The number of ether oxygens (including phenoxy) is 1. The molecule has 0 radical (unpaired) electrons. The van der Waals surface area contributed by atoms with Gasteiger partial charge in [0, 0.05) is 18.7 Å². The maximum absolute atomic E-state index is 11.2. The van der Waals surface area contributed by atoms with Crippen LogP contribution in [0.2, 0.25) is 0 Å². The lowest BCUT2D eigenvalue weighted by Crippen LogP contribution is -2.40. The number of amides is 1. The van der Waals surface area contributed by atoms with E-state index in [-0.39, 0.29) is 0 Å². The third-order valence-electron chi connectivity index (χ3n) is 3.04. The van der Waals surface area contributed by atoms with Crippen LogP contribution in [0.25, 0.3) is 0 Å². The predicted molar refractivity (Wildman–Crippen MR) is 70.4 cm³/mol. The smallest absolute Gasteiger partial charge is 0.410 e. The topological polar surface area (TPSA) is 38.3 Å². The lowest BCUT2D eigenvalue weighted by molar-refractivity contribution is 0.203. The number of nitrogens with zero attached hydrogens (tertiary/aromatic N) is 1. The number of carbonyl (C=O) groups is 1. The number of benzene rings is 1. The van der Waals surface area contributed by atoms with Crippen molar-refractivity contribution in [3.63, 3.8) is 0 Å². The van der Waals surface area contributed by atoms with E-state index >= 15 is 0 Å². The SMILES string of the molecule is CC[N+](C)(C)c1cc(OC(=O)NC)ccc1C. The predicted octanol–water partition coefficient (Wildman–Crippen LogP) is 2.30. The molecule has 4 heteroatoms. The fraction of sp³-hybridized carbons (Fsp3) is 0.462. The lowest BCUT2D eigenvalue weighted by Gasteiger charge is -2.29. The highest BCUT2D eigenvalue weighted by atomic mass is 16.5. The van der Waals surface area contributed by atoms with Crippen molar-refractivity contribution in [3.8, 4) is 5.75 Å². The molecule has 0 heterocycles. The first-order valence-electron chi connectivity index (χ1n) is 5.74. The van der Waals surface area contributed by atoms with Crippen molar-refractivity contribution in [1.82, 2.24) is 9.80 Å². The quantitative estimate of drug-likeness (QED) is 0.819. The molecule has 1 N–H and O–H groups in total. The minimum atomic E-state index is -0.443. The van der Waals surface area contributed by atoms with Gasteiger partial charge < -0.3 is 10.1 Å². The molecule has 0 aromatic heterocycles. The Morgan fingerprint density at radius 3 is 2.59 bits per heavy atom. The van der Waals surface area contributed by atoms with E-state index in [1.165, 1.54) is 5.56 Å². The van der Waals surface area contributed by atoms with E-state index in [0.717, 1.165) is 16.7 Å². The zero-order valence-electron chi connectivity index (χ0n) is 11.2. The Kier molecular flexibility index (Phi) is 4.12. The van der Waals surface area contributed by atoms with Crippen LogP contribution in [0.1, 0.15) is 12.5 Å². The van der Waals surface area contributed by atoms with Gasteiger partial charge in [-0.2, -0.15) is 0 Å². The Morgan fingerprint density at radius 2 is 2.06 bits per heavy atom. The molecule has 0 aliphatic heterocycles. The minimum absolute atomic E-state index is 0.443. The third-order valence-corrected chi connectivity index (χ3v) is 3.04. The Morgan fingerprint density at radius 1 is 1.41 bits per heavy atom. The lowest BCUT2D eigenvalue weighted by atomic mass is 10.1. The van der Waals surface area contributed by atoms with Gasteiger partial charge >= 0.3 is 6.09 Å². The Hall–Kier alpha value is -1.55. The highest BCUT2D eigenvalue weighted by Gasteiger charge is 2.20. The summed E-state index contributed by atoms with van der Waals surface area (Å²) in [5.41, 5.74) is 2.36. The molecule has 0 unspecified atom stereocenters. The first-order valence-corrected chi connectivity index (χ1v) is 5.74. The number of aryl methyl sites for hydroxylation is 1. The summed E-state index contributed by atoms with van der Waals surface area (Å²) in [5, 5.41) is 2.43. The molecule has 1 aromatic rings. The van der Waals surface area contributed by atoms with Crippen LogP contribution in [0.15, 0.2) is 18.2 Å². The first kappa shape index (κ1) is 13.5. The van der Waals surface area contributed by atoms with Gasteiger partial charge in [-0.05, 0) is 26.0 Å². The molecule has 0 atom stereocenters. The Bertz CT molecular complexity index is 414. The van der Waals surface area contributed by atoms with E-state index in [4.69, 9.17) is 4.74 Å². The van der Waals surface area contributed by atoms with Crippen molar-refractivity contribution in [2.75, 3.05) is 27.7 Å². The van der Waals surface area contributed by atoms with Gasteiger partial charge in [0.1, 0.15) is 11.4 Å². The molecule has 0 bridgehead atoms. The number of rotatable bonds is 3. The second-order valence-electron chi connectivity index (χ2n) is 4.59. The number of nitrogens with one attached hydrogen (secondary N) is 1. The van der Waals surface area contributed by atoms with Crippen LogP contribution in [0, 0.1) is 6.92 Å². The van der Waals surface area contributed by atoms with Crippen LogP contribution in [-0.4, -0.2) is 33.8 Å². The molecule has 0 saturated carbocycles.